The van der Waals surface area contributed by atoms with Crippen molar-refractivity contribution in [3.05, 3.63) is 63.6 Å². The number of benzene rings is 2. The third kappa shape index (κ3) is 5.02. The Hall–Kier alpha value is -1.44. The van der Waals surface area contributed by atoms with Crippen molar-refractivity contribution in [2.45, 2.75) is 11.9 Å². The highest BCUT2D eigenvalue weighted by atomic mass is 35.5. The molecule has 23 heavy (non-hydrogen) atoms. The first-order valence-electron chi connectivity index (χ1n) is 6.18. The van der Waals surface area contributed by atoms with Crippen LogP contribution < -0.4 is 4.72 Å². The van der Waals surface area contributed by atoms with Gasteiger partial charge in [0.2, 0.25) is 10.0 Å². The zero-order valence-corrected chi connectivity index (χ0v) is 13.7. The topological polar surface area (TPSA) is 46.2 Å². The van der Waals surface area contributed by atoms with Crippen molar-refractivity contribution >= 4 is 38.9 Å². The molecule has 9 heteroatoms. The van der Waals surface area contributed by atoms with Gasteiger partial charge in [-0.15, -0.1) is 0 Å². The van der Waals surface area contributed by atoms with Crippen molar-refractivity contribution in [2.24, 2.45) is 0 Å². The summed E-state index contributed by atoms with van der Waals surface area (Å²) < 4.78 is 64.3. The van der Waals surface area contributed by atoms with Crippen LogP contribution in [0, 0.1) is 0 Å². The maximum atomic E-state index is 12.7. The first kappa shape index (κ1) is 17.9. The number of hydrogen-bond donors (Lipinski definition) is 1. The van der Waals surface area contributed by atoms with Crippen LogP contribution in [0.5, 0.6) is 0 Å². The monoisotopic (exact) mass is 383 g/mol. The van der Waals surface area contributed by atoms with Crippen LogP contribution in [0.4, 0.5) is 18.9 Å². The third-order valence-electron chi connectivity index (χ3n) is 2.83. The maximum absolute atomic E-state index is 12.7. The lowest BCUT2D eigenvalue weighted by atomic mass is 10.2. The van der Waals surface area contributed by atoms with E-state index in [0.717, 1.165) is 12.1 Å². The summed E-state index contributed by atoms with van der Waals surface area (Å²) in [6.07, 6.45) is -4.60. The quantitative estimate of drug-likeness (QED) is 0.811. The molecule has 2 rings (SSSR count). The molecular weight excluding hydrogens is 374 g/mol. The Bertz CT molecular complexity index is 806. The molecule has 0 amide bonds. The minimum atomic E-state index is -4.60. The summed E-state index contributed by atoms with van der Waals surface area (Å²) in [5.74, 6) is -0.420. The molecule has 2 aromatic rings. The van der Waals surface area contributed by atoms with Crippen molar-refractivity contribution in [3.8, 4) is 0 Å². The van der Waals surface area contributed by atoms with Gasteiger partial charge in [-0.05, 0) is 35.9 Å². The average molecular weight is 384 g/mol. The minimum absolute atomic E-state index is 0.127. The van der Waals surface area contributed by atoms with E-state index in [1.165, 1.54) is 24.3 Å². The number of hydrogen-bond acceptors (Lipinski definition) is 2. The molecule has 0 aliphatic carbocycles. The molecule has 0 saturated carbocycles. The number of halogens is 5. The number of rotatable bonds is 4. The van der Waals surface area contributed by atoms with Crippen LogP contribution in [0.3, 0.4) is 0 Å². The van der Waals surface area contributed by atoms with Crippen LogP contribution in [-0.2, 0) is 22.0 Å². The molecule has 0 saturated heterocycles. The fraction of sp³-hybridized carbons (Fsp3) is 0.143. The van der Waals surface area contributed by atoms with E-state index in [0.29, 0.717) is 16.7 Å². The zero-order chi connectivity index (χ0) is 17.3. The zero-order valence-electron chi connectivity index (χ0n) is 11.4. The number of sulfonamides is 1. The van der Waals surface area contributed by atoms with Crippen LogP contribution in [0.1, 0.15) is 11.1 Å². The number of anilines is 1. The molecular formula is C14H10Cl2F3NO2S. The molecule has 0 heterocycles. The molecule has 1 N–H and O–H groups in total. The molecule has 0 aromatic heterocycles. The largest absolute Gasteiger partial charge is 0.416 e. The highest BCUT2D eigenvalue weighted by Crippen LogP contribution is 2.34. The number of nitrogens with one attached hydrogen (secondary N) is 1. The molecule has 0 bridgehead atoms. The van der Waals surface area contributed by atoms with Gasteiger partial charge in [-0.1, -0.05) is 35.3 Å². The van der Waals surface area contributed by atoms with Gasteiger partial charge in [-0.25, -0.2) is 8.42 Å². The predicted octanol–water partition coefficient (Wildman–Crippen LogP) is 4.95. The molecule has 124 valence electrons. The first-order chi connectivity index (χ1) is 10.6. The summed E-state index contributed by atoms with van der Waals surface area (Å²) in [6.45, 7) is 0. The van der Waals surface area contributed by atoms with E-state index in [4.69, 9.17) is 23.2 Å². The van der Waals surface area contributed by atoms with Crippen molar-refractivity contribution in [3.63, 3.8) is 0 Å². The standard InChI is InChI=1S/C14H10Cl2F3NO2S/c15-11-4-1-9(2-5-11)8-23(21,22)20-13-7-10(14(17,18)19)3-6-12(13)16/h1-7,20H,8H2. The van der Waals surface area contributed by atoms with Crippen molar-refractivity contribution in [1.29, 1.82) is 0 Å². The van der Waals surface area contributed by atoms with Crippen molar-refractivity contribution in [1.82, 2.24) is 0 Å². The molecule has 0 aliphatic heterocycles. The van der Waals surface area contributed by atoms with Gasteiger partial charge in [0.15, 0.2) is 0 Å². The van der Waals surface area contributed by atoms with Gasteiger partial charge in [0.05, 0.1) is 22.0 Å². The summed E-state index contributed by atoms with van der Waals surface area (Å²) in [4.78, 5) is 0. The Kier molecular flexibility index (Phi) is 5.13. The van der Waals surface area contributed by atoms with Gasteiger partial charge >= 0.3 is 6.18 Å². The fourth-order valence-electron chi connectivity index (χ4n) is 1.78. The minimum Gasteiger partial charge on any atom is -0.282 e. The Labute approximate surface area is 141 Å². The maximum Gasteiger partial charge on any atom is 0.416 e. The second-order valence-corrected chi connectivity index (χ2v) is 7.25. The highest BCUT2D eigenvalue weighted by Gasteiger charge is 2.31. The molecule has 0 fully saturated rings. The van der Waals surface area contributed by atoms with Gasteiger partial charge < -0.3 is 0 Å². The average Bonchev–Trinajstić information content (AvgIpc) is 2.42. The number of alkyl halides is 3. The summed E-state index contributed by atoms with van der Waals surface area (Å²) in [7, 11) is -3.93. The van der Waals surface area contributed by atoms with Gasteiger partial charge in [0.25, 0.3) is 0 Å². The Morgan fingerprint density at radius 2 is 1.61 bits per heavy atom. The summed E-state index contributed by atoms with van der Waals surface area (Å²) in [5.41, 5.74) is -0.883. The molecule has 0 spiro atoms. The van der Waals surface area contributed by atoms with E-state index in [9.17, 15) is 21.6 Å². The summed E-state index contributed by atoms with van der Waals surface area (Å²) in [5, 5.41) is 0.317. The summed E-state index contributed by atoms with van der Waals surface area (Å²) >= 11 is 11.5. The normalized spacial score (nSPS) is 12.2. The van der Waals surface area contributed by atoms with Crippen molar-refractivity contribution in [2.75, 3.05) is 4.72 Å². The SMILES string of the molecule is O=S(=O)(Cc1ccc(Cl)cc1)Nc1cc(C(F)(F)F)ccc1Cl. The molecule has 2 aromatic carbocycles. The lowest BCUT2D eigenvalue weighted by Crippen LogP contribution is -2.16. The third-order valence-corrected chi connectivity index (χ3v) is 4.65. The van der Waals surface area contributed by atoms with Crippen LogP contribution >= 0.6 is 23.2 Å². The first-order valence-corrected chi connectivity index (χ1v) is 8.59. The second-order valence-electron chi connectivity index (χ2n) is 4.68. The molecule has 0 unspecified atom stereocenters. The van der Waals surface area contributed by atoms with Crippen LogP contribution in [0.2, 0.25) is 10.0 Å². The van der Waals surface area contributed by atoms with Gasteiger partial charge in [0, 0.05) is 5.02 Å². The van der Waals surface area contributed by atoms with Crippen molar-refractivity contribution < 1.29 is 21.6 Å². The molecule has 0 aliphatic rings. The summed E-state index contributed by atoms with van der Waals surface area (Å²) in [6, 6.07) is 8.48. The van der Waals surface area contributed by atoms with E-state index in [1.807, 2.05) is 0 Å². The Morgan fingerprint density at radius 3 is 2.17 bits per heavy atom. The lowest BCUT2D eigenvalue weighted by molar-refractivity contribution is -0.137. The Balaban J connectivity index is 2.25. The van der Waals surface area contributed by atoms with E-state index in [-0.39, 0.29) is 10.7 Å². The molecule has 0 radical (unpaired) electrons. The smallest absolute Gasteiger partial charge is 0.282 e. The van der Waals surface area contributed by atoms with Gasteiger partial charge in [0.1, 0.15) is 0 Å². The van der Waals surface area contributed by atoms with E-state index in [1.54, 1.807) is 0 Å². The van der Waals surface area contributed by atoms with Gasteiger partial charge in [-0.2, -0.15) is 13.2 Å². The molecule has 0 atom stereocenters. The van der Waals surface area contributed by atoms with Crippen LogP contribution in [0.15, 0.2) is 42.5 Å². The van der Waals surface area contributed by atoms with Gasteiger partial charge in [-0.3, -0.25) is 4.72 Å². The van der Waals surface area contributed by atoms with E-state index >= 15 is 0 Å². The van der Waals surface area contributed by atoms with Crippen LogP contribution in [-0.4, -0.2) is 8.42 Å². The highest BCUT2D eigenvalue weighted by molar-refractivity contribution is 7.91. The van der Waals surface area contributed by atoms with E-state index < -0.39 is 27.5 Å². The van der Waals surface area contributed by atoms with E-state index in [2.05, 4.69) is 4.72 Å². The van der Waals surface area contributed by atoms with Crippen LogP contribution in [0.25, 0.3) is 0 Å². The lowest BCUT2D eigenvalue weighted by Gasteiger charge is -2.13. The fourth-order valence-corrected chi connectivity index (χ4v) is 3.34. The molecule has 3 nitrogen and oxygen atoms in total. The predicted molar refractivity (Wildman–Crippen MR) is 84.2 cm³/mol. The Morgan fingerprint density at radius 1 is 1.00 bits per heavy atom. The second kappa shape index (κ2) is 6.59.